The van der Waals surface area contributed by atoms with Crippen LogP contribution in [0.5, 0.6) is 5.75 Å². The van der Waals surface area contributed by atoms with E-state index in [9.17, 15) is 17.6 Å². The van der Waals surface area contributed by atoms with E-state index in [1.165, 1.54) is 0 Å². The van der Waals surface area contributed by atoms with Crippen molar-refractivity contribution in [3.63, 3.8) is 0 Å². The van der Waals surface area contributed by atoms with E-state index < -0.39 is 40.5 Å². The molecule has 1 aromatic rings. The first-order valence-corrected chi connectivity index (χ1v) is 4.08. The zero-order valence-corrected chi connectivity index (χ0v) is 6.95. The van der Waals surface area contributed by atoms with Gasteiger partial charge < -0.3 is 5.11 Å². The fourth-order valence-corrected chi connectivity index (χ4v) is 1.37. The summed E-state index contributed by atoms with van der Waals surface area (Å²) in [6.45, 7) is 0. The van der Waals surface area contributed by atoms with Gasteiger partial charge in [-0.05, 0) is 18.8 Å². The average molecular weight is 206 g/mol. The summed E-state index contributed by atoms with van der Waals surface area (Å²) < 4.78 is 51.5. The Bertz CT molecular complexity index is 369. The van der Waals surface area contributed by atoms with Gasteiger partial charge in [0.05, 0.1) is 0 Å². The minimum Gasteiger partial charge on any atom is -0.503 e. The molecule has 1 nitrogen and oxygen atoms in total. The molecule has 1 aromatic carbocycles. The van der Waals surface area contributed by atoms with Crippen LogP contribution in [-0.2, 0) is 0 Å². The van der Waals surface area contributed by atoms with Crippen LogP contribution in [-0.4, -0.2) is 5.11 Å². The molecule has 14 heavy (non-hydrogen) atoms. The Labute approximate surface area is 77.0 Å². The predicted molar refractivity (Wildman–Crippen MR) is 39.9 cm³/mol. The Morgan fingerprint density at radius 2 is 1.43 bits per heavy atom. The lowest BCUT2D eigenvalue weighted by Gasteiger charge is -2.07. The molecule has 5 heteroatoms. The maximum Gasteiger partial charge on any atom is 0.206 e. The molecule has 2 rings (SSSR count). The SMILES string of the molecule is Oc1c(F)c(F)c(F)c(C2CC2)c1F. The van der Waals surface area contributed by atoms with Gasteiger partial charge in [-0.1, -0.05) is 0 Å². The zero-order chi connectivity index (χ0) is 10.5. The van der Waals surface area contributed by atoms with Gasteiger partial charge in [0.15, 0.2) is 23.2 Å². The van der Waals surface area contributed by atoms with Crippen molar-refractivity contribution in [3.05, 3.63) is 28.8 Å². The van der Waals surface area contributed by atoms with Crippen molar-refractivity contribution in [2.45, 2.75) is 18.8 Å². The van der Waals surface area contributed by atoms with Crippen molar-refractivity contribution >= 4 is 0 Å². The monoisotopic (exact) mass is 206 g/mol. The minimum atomic E-state index is -1.87. The molecule has 0 heterocycles. The van der Waals surface area contributed by atoms with Crippen molar-refractivity contribution in [2.24, 2.45) is 0 Å². The lowest BCUT2D eigenvalue weighted by molar-refractivity contribution is 0.352. The van der Waals surface area contributed by atoms with Crippen LogP contribution in [0.4, 0.5) is 17.6 Å². The van der Waals surface area contributed by atoms with E-state index in [0.717, 1.165) is 0 Å². The maximum atomic E-state index is 13.1. The first kappa shape index (κ1) is 9.30. The number of benzene rings is 1. The van der Waals surface area contributed by atoms with Crippen molar-refractivity contribution in [2.75, 3.05) is 0 Å². The van der Waals surface area contributed by atoms with E-state index in [1.54, 1.807) is 0 Å². The zero-order valence-electron chi connectivity index (χ0n) is 6.95. The van der Waals surface area contributed by atoms with Crippen molar-refractivity contribution < 1.29 is 22.7 Å². The van der Waals surface area contributed by atoms with Gasteiger partial charge in [-0.15, -0.1) is 0 Å². The lowest BCUT2D eigenvalue weighted by Crippen LogP contribution is -2.02. The number of rotatable bonds is 1. The number of hydrogen-bond donors (Lipinski definition) is 1. The van der Waals surface area contributed by atoms with Gasteiger partial charge in [0, 0.05) is 5.56 Å². The molecule has 0 aliphatic heterocycles. The molecule has 1 aliphatic carbocycles. The van der Waals surface area contributed by atoms with Crippen LogP contribution >= 0.6 is 0 Å². The Morgan fingerprint density at radius 1 is 0.857 bits per heavy atom. The number of halogens is 4. The molecular formula is C9H6F4O. The Balaban J connectivity index is 2.69. The first-order chi connectivity index (χ1) is 6.54. The van der Waals surface area contributed by atoms with Gasteiger partial charge in [0.2, 0.25) is 5.82 Å². The van der Waals surface area contributed by atoms with Crippen LogP contribution in [0.25, 0.3) is 0 Å². The fourth-order valence-electron chi connectivity index (χ4n) is 1.37. The molecule has 0 aromatic heterocycles. The van der Waals surface area contributed by atoms with Crippen LogP contribution < -0.4 is 0 Å². The third-order valence-corrected chi connectivity index (χ3v) is 2.26. The number of hydrogen-bond acceptors (Lipinski definition) is 1. The van der Waals surface area contributed by atoms with E-state index in [2.05, 4.69) is 0 Å². The molecular weight excluding hydrogens is 200 g/mol. The van der Waals surface area contributed by atoms with Gasteiger partial charge in [-0.3, -0.25) is 0 Å². The second-order valence-corrected chi connectivity index (χ2v) is 3.29. The summed E-state index contributed by atoms with van der Waals surface area (Å²) >= 11 is 0. The number of aromatic hydroxyl groups is 1. The molecule has 0 radical (unpaired) electrons. The molecule has 0 atom stereocenters. The van der Waals surface area contributed by atoms with Gasteiger partial charge in [-0.2, -0.15) is 4.39 Å². The lowest BCUT2D eigenvalue weighted by atomic mass is 10.1. The molecule has 1 saturated carbocycles. The van der Waals surface area contributed by atoms with Crippen LogP contribution in [0, 0.1) is 23.3 Å². The molecule has 1 aliphatic rings. The highest BCUT2D eigenvalue weighted by molar-refractivity contribution is 5.37. The highest BCUT2D eigenvalue weighted by atomic mass is 19.2. The standard InChI is InChI=1S/C9H6F4O/c10-5-4(3-1-2-3)6(11)9(14)8(13)7(5)12/h3,14H,1-2H2. The number of phenols is 1. The van der Waals surface area contributed by atoms with Crippen molar-refractivity contribution in [3.8, 4) is 5.75 Å². The largest absolute Gasteiger partial charge is 0.503 e. The molecule has 0 unspecified atom stereocenters. The average Bonchev–Trinajstić information content (AvgIpc) is 2.96. The Morgan fingerprint density at radius 3 is 1.93 bits per heavy atom. The fraction of sp³-hybridized carbons (Fsp3) is 0.333. The molecule has 0 bridgehead atoms. The molecule has 1 N–H and O–H groups in total. The van der Waals surface area contributed by atoms with Crippen LogP contribution in [0.15, 0.2) is 0 Å². The Hall–Kier alpha value is -1.26. The highest BCUT2D eigenvalue weighted by Crippen LogP contribution is 2.45. The summed E-state index contributed by atoms with van der Waals surface area (Å²) in [5.74, 6) is -8.47. The smallest absolute Gasteiger partial charge is 0.206 e. The molecule has 0 saturated heterocycles. The summed E-state index contributed by atoms with van der Waals surface area (Å²) in [5.41, 5.74) is -0.540. The normalized spacial score (nSPS) is 16.0. The second-order valence-electron chi connectivity index (χ2n) is 3.29. The van der Waals surface area contributed by atoms with Crippen molar-refractivity contribution in [1.82, 2.24) is 0 Å². The summed E-state index contributed by atoms with van der Waals surface area (Å²) in [7, 11) is 0. The number of phenolic OH excluding ortho intramolecular Hbond substituents is 1. The molecule has 0 amide bonds. The second kappa shape index (κ2) is 2.87. The third kappa shape index (κ3) is 1.15. The maximum absolute atomic E-state index is 13.1. The van der Waals surface area contributed by atoms with Crippen LogP contribution in [0.2, 0.25) is 0 Å². The summed E-state index contributed by atoms with van der Waals surface area (Å²) in [5, 5.41) is 8.81. The minimum absolute atomic E-state index is 0.434. The Kier molecular flexibility index (Phi) is 1.90. The van der Waals surface area contributed by atoms with Crippen LogP contribution in [0.3, 0.4) is 0 Å². The van der Waals surface area contributed by atoms with Gasteiger partial charge in [0.25, 0.3) is 0 Å². The van der Waals surface area contributed by atoms with E-state index in [1.807, 2.05) is 0 Å². The third-order valence-electron chi connectivity index (χ3n) is 2.26. The molecule has 76 valence electrons. The van der Waals surface area contributed by atoms with Crippen LogP contribution in [0.1, 0.15) is 24.3 Å². The molecule has 0 spiro atoms. The topological polar surface area (TPSA) is 20.2 Å². The predicted octanol–water partition coefficient (Wildman–Crippen LogP) is 2.83. The summed E-state index contributed by atoms with van der Waals surface area (Å²) in [4.78, 5) is 0. The van der Waals surface area contributed by atoms with E-state index >= 15 is 0 Å². The van der Waals surface area contributed by atoms with E-state index in [0.29, 0.717) is 12.8 Å². The van der Waals surface area contributed by atoms with E-state index in [-0.39, 0.29) is 0 Å². The summed E-state index contributed by atoms with van der Waals surface area (Å²) in [6.07, 6.45) is 1.05. The van der Waals surface area contributed by atoms with Gasteiger partial charge in [0.1, 0.15) is 0 Å². The quantitative estimate of drug-likeness (QED) is 0.425. The van der Waals surface area contributed by atoms with E-state index in [4.69, 9.17) is 5.11 Å². The van der Waals surface area contributed by atoms with Gasteiger partial charge >= 0.3 is 0 Å². The summed E-state index contributed by atoms with van der Waals surface area (Å²) in [6, 6.07) is 0. The van der Waals surface area contributed by atoms with Crippen molar-refractivity contribution in [1.29, 1.82) is 0 Å². The molecule has 1 fully saturated rings. The highest BCUT2D eigenvalue weighted by Gasteiger charge is 2.35. The first-order valence-electron chi connectivity index (χ1n) is 4.08. The van der Waals surface area contributed by atoms with Gasteiger partial charge in [-0.25, -0.2) is 13.2 Å².